The van der Waals surface area contributed by atoms with Gasteiger partial charge in [-0.2, -0.15) is 0 Å². The monoisotopic (exact) mass is 922 g/mol. The van der Waals surface area contributed by atoms with Gasteiger partial charge in [0.2, 0.25) is 0 Å². The Bertz CT molecular complexity index is 2350. The standard InChI is InChI=1S/C23H9NO3.C22H33NO.C12H25Br/c1-2-3-4-5-6-7-8-9-10-11-17-24-21-14-12-13-19-18(21)15-16-20(22(19)25)23(26)27;1-2-3-4-5-6-7-8-9-10-11-18-23-21-16-12-15-20-19(21)14-13-17-22(20)24;1-2-3-4-5-6-7-8-9-10-11-12-13/h1,12-16,24-25H,(H,26,27);12-17,23-24H,2-11,18H2,1H3;2-12H2,1H3. The summed E-state index contributed by atoms with van der Waals surface area (Å²) in [6, 6.07) is 22.4. The summed E-state index contributed by atoms with van der Waals surface area (Å²) in [7, 11) is 0. The summed E-state index contributed by atoms with van der Waals surface area (Å²) in [5.41, 5.74) is 1.57. The number of hydrogen-bond donors (Lipinski definition) is 5. The summed E-state index contributed by atoms with van der Waals surface area (Å²) in [5, 5.41) is 39.7. The van der Waals surface area contributed by atoms with Gasteiger partial charge in [-0.3, -0.25) is 0 Å². The number of halogens is 1. The molecule has 0 heterocycles. The van der Waals surface area contributed by atoms with E-state index in [-0.39, 0.29) is 11.3 Å². The molecule has 0 aliphatic heterocycles. The van der Waals surface area contributed by atoms with Crippen LogP contribution in [0.15, 0.2) is 66.7 Å². The lowest BCUT2D eigenvalue weighted by atomic mass is 10.0. The number of anilines is 2. The molecule has 0 bridgehead atoms. The molecular formula is C57H67BrN2O4. The maximum absolute atomic E-state index is 11.1. The summed E-state index contributed by atoms with van der Waals surface area (Å²) in [4.78, 5) is 11.1. The highest BCUT2D eigenvalue weighted by Crippen LogP contribution is 2.33. The zero-order valence-corrected chi connectivity index (χ0v) is 39.7. The van der Waals surface area contributed by atoms with Crippen LogP contribution in [0, 0.1) is 71.7 Å². The van der Waals surface area contributed by atoms with Gasteiger partial charge < -0.3 is 26.0 Å². The Morgan fingerprint density at radius 3 is 1.53 bits per heavy atom. The lowest BCUT2D eigenvalue weighted by Crippen LogP contribution is -2.01. The molecule has 7 heteroatoms. The van der Waals surface area contributed by atoms with Gasteiger partial charge in [0.1, 0.15) is 17.1 Å². The van der Waals surface area contributed by atoms with Crippen LogP contribution < -0.4 is 10.6 Å². The van der Waals surface area contributed by atoms with Crippen molar-refractivity contribution < 1.29 is 20.1 Å². The number of aromatic hydroxyl groups is 2. The molecule has 0 spiro atoms. The van der Waals surface area contributed by atoms with Crippen LogP contribution in [0.25, 0.3) is 21.5 Å². The summed E-state index contributed by atoms with van der Waals surface area (Å²) in [5.74, 6) is 23.2. The highest BCUT2D eigenvalue weighted by molar-refractivity contribution is 9.09. The number of carboxylic acid groups (broad SMARTS) is 1. The average Bonchev–Trinajstić information content (AvgIpc) is 3.30. The fraction of sp³-hybridized carbons (Fsp3) is 0.421. The third-order valence-corrected chi connectivity index (χ3v) is 10.9. The quantitative estimate of drug-likeness (QED) is 0.0208. The van der Waals surface area contributed by atoms with Crippen LogP contribution >= 0.6 is 15.9 Å². The first-order chi connectivity index (χ1) is 31.4. The summed E-state index contributed by atoms with van der Waals surface area (Å²) in [6.07, 6.45) is 32.9. The average molecular weight is 924 g/mol. The number of phenolic OH excluding ortho intramolecular Hbond substituents is 1. The number of hydrogen-bond acceptors (Lipinski definition) is 5. The number of unbranched alkanes of at least 4 members (excludes halogenated alkanes) is 18. The smallest absolute Gasteiger partial charge is 0.339 e. The van der Waals surface area contributed by atoms with Crippen LogP contribution in [0.3, 0.4) is 0 Å². The summed E-state index contributed by atoms with van der Waals surface area (Å²) >= 11 is 3.46. The van der Waals surface area contributed by atoms with Crippen molar-refractivity contribution in [2.45, 2.75) is 142 Å². The highest BCUT2D eigenvalue weighted by atomic mass is 79.9. The molecule has 0 amide bonds. The molecule has 4 aromatic carbocycles. The molecule has 0 aromatic heterocycles. The lowest BCUT2D eigenvalue weighted by molar-refractivity contribution is 0.0694. The number of carbonyl (C=O) groups is 1. The second-order valence-corrected chi connectivity index (χ2v) is 16.1. The maximum Gasteiger partial charge on any atom is 0.339 e. The number of alkyl halides is 1. The molecular weight excluding hydrogens is 857 g/mol. The maximum atomic E-state index is 11.1. The van der Waals surface area contributed by atoms with Crippen molar-refractivity contribution in [2.24, 2.45) is 0 Å². The van der Waals surface area contributed by atoms with Crippen molar-refractivity contribution in [2.75, 3.05) is 22.5 Å². The molecule has 0 atom stereocenters. The van der Waals surface area contributed by atoms with E-state index in [9.17, 15) is 15.0 Å². The molecule has 0 aliphatic rings. The Balaban J connectivity index is 0.000000350. The van der Waals surface area contributed by atoms with Crippen LogP contribution in [0.1, 0.15) is 153 Å². The summed E-state index contributed by atoms with van der Waals surface area (Å²) < 4.78 is 0. The number of fused-ring (bicyclic) bond motifs is 2. The Labute approximate surface area is 393 Å². The first kappa shape index (κ1) is 54.0. The second kappa shape index (κ2) is 36.4. The molecule has 0 fully saturated rings. The van der Waals surface area contributed by atoms with Gasteiger partial charge in [-0.15, -0.1) is 6.42 Å². The van der Waals surface area contributed by atoms with Gasteiger partial charge in [0.05, 0.1) is 5.69 Å². The number of nitrogens with one attached hydrogen (secondary N) is 2. The van der Waals surface area contributed by atoms with E-state index in [4.69, 9.17) is 11.5 Å². The first-order valence-corrected chi connectivity index (χ1v) is 24.2. The second-order valence-electron chi connectivity index (χ2n) is 15.3. The number of phenols is 2. The molecule has 336 valence electrons. The molecule has 4 aromatic rings. The predicted molar refractivity (Wildman–Crippen MR) is 275 cm³/mol. The van der Waals surface area contributed by atoms with Gasteiger partial charge in [0, 0.05) is 74.8 Å². The normalized spacial score (nSPS) is 9.53. The van der Waals surface area contributed by atoms with Gasteiger partial charge >= 0.3 is 5.97 Å². The minimum Gasteiger partial charge on any atom is -0.507 e. The van der Waals surface area contributed by atoms with Crippen molar-refractivity contribution in [3.05, 3.63) is 72.3 Å². The SMILES string of the molecule is C#CC#CC#CC#CC#CC#CNc1cccc2c(O)c(C(=O)O)ccc12.CCCCCCCCCCCCBr.CCCCCCCCCCCCNc1cccc2c(O)cccc12. The zero-order valence-electron chi connectivity index (χ0n) is 38.1. The van der Waals surface area contributed by atoms with E-state index in [1.165, 1.54) is 140 Å². The van der Waals surface area contributed by atoms with Crippen LogP contribution in [-0.2, 0) is 0 Å². The third-order valence-electron chi connectivity index (χ3n) is 10.3. The molecule has 4 rings (SSSR count). The van der Waals surface area contributed by atoms with E-state index in [2.05, 4.69) is 118 Å². The Morgan fingerprint density at radius 2 is 0.984 bits per heavy atom. The van der Waals surface area contributed by atoms with Gasteiger partial charge in [-0.25, -0.2) is 4.79 Å². The fourth-order valence-corrected chi connectivity index (χ4v) is 7.27. The molecule has 6 nitrogen and oxygen atoms in total. The molecule has 0 saturated heterocycles. The van der Waals surface area contributed by atoms with Gasteiger partial charge in [-0.1, -0.05) is 188 Å². The van der Waals surface area contributed by atoms with E-state index in [1.807, 2.05) is 18.2 Å². The van der Waals surface area contributed by atoms with E-state index >= 15 is 0 Å². The van der Waals surface area contributed by atoms with Crippen molar-refractivity contribution >= 4 is 54.8 Å². The van der Waals surface area contributed by atoms with Gasteiger partial charge in [0.15, 0.2) is 0 Å². The van der Waals surface area contributed by atoms with Crippen LogP contribution in [-0.4, -0.2) is 33.2 Å². The third kappa shape index (κ3) is 23.4. The molecule has 0 aliphatic carbocycles. The zero-order chi connectivity index (χ0) is 46.3. The number of terminal acetylenes is 1. The number of aromatic carboxylic acids is 1. The topological polar surface area (TPSA) is 102 Å². The Hall–Kier alpha value is -6.09. The van der Waals surface area contributed by atoms with Gasteiger partial charge in [-0.05, 0) is 66.7 Å². The highest BCUT2D eigenvalue weighted by Gasteiger charge is 2.13. The molecule has 64 heavy (non-hydrogen) atoms. The van der Waals surface area contributed by atoms with E-state index in [0.717, 1.165) is 23.0 Å². The van der Waals surface area contributed by atoms with Crippen LogP contribution in [0.5, 0.6) is 11.5 Å². The van der Waals surface area contributed by atoms with Crippen LogP contribution in [0.2, 0.25) is 0 Å². The van der Waals surface area contributed by atoms with Crippen molar-refractivity contribution in [1.29, 1.82) is 0 Å². The first-order valence-electron chi connectivity index (χ1n) is 23.1. The lowest BCUT2D eigenvalue weighted by Gasteiger charge is -2.10. The fourth-order valence-electron chi connectivity index (χ4n) is 6.87. The van der Waals surface area contributed by atoms with E-state index in [0.29, 0.717) is 22.2 Å². The molecule has 0 saturated carbocycles. The number of carboxylic acids is 1. The number of benzene rings is 4. The van der Waals surface area contributed by atoms with Crippen molar-refractivity contribution in [3.63, 3.8) is 0 Å². The minimum absolute atomic E-state index is 0.163. The molecule has 0 radical (unpaired) electrons. The largest absolute Gasteiger partial charge is 0.507 e. The van der Waals surface area contributed by atoms with E-state index < -0.39 is 5.97 Å². The minimum atomic E-state index is -1.20. The summed E-state index contributed by atoms with van der Waals surface area (Å²) in [6.45, 7) is 5.56. The van der Waals surface area contributed by atoms with E-state index in [1.54, 1.807) is 30.3 Å². The van der Waals surface area contributed by atoms with Crippen molar-refractivity contribution in [1.82, 2.24) is 0 Å². The number of rotatable bonds is 24. The molecule has 0 unspecified atom stereocenters. The molecule has 5 N–H and O–H groups in total. The predicted octanol–water partition coefficient (Wildman–Crippen LogP) is 14.4. The Morgan fingerprint density at radius 1 is 0.531 bits per heavy atom. The Kier molecular flexibility index (Phi) is 30.7. The van der Waals surface area contributed by atoms with Crippen molar-refractivity contribution in [3.8, 4) is 83.2 Å². The van der Waals surface area contributed by atoms with Gasteiger partial charge in [0.25, 0.3) is 0 Å². The van der Waals surface area contributed by atoms with Crippen LogP contribution in [0.4, 0.5) is 11.4 Å².